The summed E-state index contributed by atoms with van der Waals surface area (Å²) < 4.78 is 0. The van der Waals surface area contributed by atoms with Gasteiger partial charge in [-0.3, -0.25) is 24.6 Å². The average molecular weight is 1370 g/mol. The first kappa shape index (κ1) is 64.3. The summed E-state index contributed by atoms with van der Waals surface area (Å²) in [6.07, 6.45) is 15.7. The predicted molar refractivity (Wildman–Crippen MR) is 380 cm³/mol. The molecule has 488 valence electrons. The Bertz CT molecular complexity index is 4370. The summed E-state index contributed by atoms with van der Waals surface area (Å²) in [4.78, 5) is 86.0. The lowest BCUT2D eigenvalue weighted by molar-refractivity contribution is -0.127. The molecule has 0 saturated carbocycles. The van der Waals surface area contributed by atoms with Crippen molar-refractivity contribution >= 4 is 160 Å². The summed E-state index contributed by atoms with van der Waals surface area (Å²) in [7, 11) is 1.53. The van der Waals surface area contributed by atoms with Crippen molar-refractivity contribution in [2.75, 3.05) is 84.3 Å². The molecule has 5 aromatic heterocycles. The number of carbonyl (C=O) groups is 5. The van der Waals surface area contributed by atoms with Crippen molar-refractivity contribution in [1.82, 2.24) is 45.8 Å². The number of hydrogen-bond acceptors (Lipinski definition) is 11. The van der Waals surface area contributed by atoms with Crippen LogP contribution in [0.3, 0.4) is 0 Å². The number of carbonyl (C=O) groups excluding carboxylic acids is 5. The van der Waals surface area contributed by atoms with Crippen molar-refractivity contribution < 1.29 is 24.0 Å². The number of nitrogens with one attached hydrogen (secondary N) is 8. The SMILES string of the molecule is CC(=O)Nc1ccc(C2CCN(c3cc(Cl)cc4[nH]ccc34)CC2)cc1.CN1C(=O)NC(C2CCN(c3cc(Cl)cc4[nH]ccc34)CC2)C1=O.Clc1cc(N2CCC(c3cscn3)CC2)c2cc[nH]c2c1.O=C1NC(=O)C(C2CCN(c3cc(Cl)cc4[nH]ccc34)CC2)N1. The Labute approximate surface area is 568 Å². The third-order valence-corrected chi connectivity index (χ3v) is 20.9. The molecule has 11 heterocycles. The molecule has 0 radical (unpaired) electrons. The molecule has 16 rings (SSSR count). The number of aromatic nitrogens is 5. The number of aromatic amines is 4. The molecule has 94 heavy (non-hydrogen) atoms. The number of piperidine rings is 4. The summed E-state index contributed by atoms with van der Waals surface area (Å²) in [5.74, 6) is 1.16. The van der Waals surface area contributed by atoms with Gasteiger partial charge in [0.2, 0.25) is 5.91 Å². The minimum atomic E-state index is -0.392. The maximum absolute atomic E-state index is 12.2. The Balaban J connectivity index is 0.000000114. The number of benzene rings is 5. The van der Waals surface area contributed by atoms with E-state index >= 15 is 0 Å². The number of anilines is 5. The number of hydrogen-bond donors (Lipinski definition) is 8. The molecule has 6 fully saturated rings. The summed E-state index contributed by atoms with van der Waals surface area (Å²) in [5, 5.41) is 20.6. The van der Waals surface area contributed by atoms with Crippen molar-refractivity contribution in [3.05, 3.63) is 164 Å². The van der Waals surface area contributed by atoms with E-state index in [1.807, 2.05) is 78.8 Å². The van der Waals surface area contributed by atoms with Gasteiger partial charge in [-0.15, -0.1) is 11.3 Å². The third kappa shape index (κ3) is 14.2. The second-order valence-corrected chi connectivity index (χ2v) is 27.6. The minimum absolute atomic E-state index is 0.0383. The highest BCUT2D eigenvalue weighted by Crippen LogP contribution is 2.40. The normalized spacial score (nSPS) is 19.2. The molecule has 0 spiro atoms. The molecule has 2 atom stereocenters. The van der Waals surface area contributed by atoms with Crippen molar-refractivity contribution in [2.45, 2.75) is 82.2 Å². The van der Waals surface area contributed by atoms with Gasteiger partial charge in [0.25, 0.3) is 11.8 Å². The molecular weight excluding hydrogens is 1290 g/mol. The van der Waals surface area contributed by atoms with Crippen molar-refractivity contribution in [2.24, 2.45) is 11.8 Å². The van der Waals surface area contributed by atoms with Crippen LogP contribution < -0.4 is 40.9 Å². The largest absolute Gasteiger partial charge is 0.371 e. The molecular formula is C70H74Cl4N14O5S. The van der Waals surface area contributed by atoms with Gasteiger partial charge in [-0.2, -0.15) is 0 Å². The van der Waals surface area contributed by atoms with Crippen molar-refractivity contribution in [3.63, 3.8) is 0 Å². The average Bonchev–Trinajstić information content (AvgIpc) is 1.56. The van der Waals surface area contributed by atoms with Gasteiger partial charge in [-0.25, -0.2) is 14.6 Å². The molecule has 6 aliphatic heterocycles. The Hall–Kier alpha value is -8.40. The maximum Gasteiger partial charge on any atom is 0.324 e. The highest BCUT2D eigenvalue weighted by molar-refractivity contribution is 7.07. The lowest BCUT2D eigenvalue weighted by Crippen LogP contribution is -2.44. The second-order valence-electron chi connectivity index (χ2n) is 25.1. The van der Waals surface area contributed by atoms with E-state index in [1.165, 1.54) is 52.3 Å². The van der Waals surface area contributed by atoms with Gasteiger partial charge in [-0.05, 0) is 160 Å². The topological polar surface area (TPSA) is 226 Å². The molecule has 7 amide bonds. The van der Waals surface area contributed by atoms with Crippen LogP contribution >= 0.6 is 57.7 Å². The molecule has 0 aliphatic carbocycles. The Morgan fingerprint density at radius 1 is 0.511 bits per heavy atom. The molecule has 8 N–H and O–H groups in total. The van der Waals surface area contributed by atoms with E-state index in [0.29, 0.717) is 21.9 Å². The first-order chi connectivity index (χ1) is 45.6. The number of imide groups is 2. The number of nitrogens with zero attached hydrogens (tertiary/aromatic N) is 6. The lowest BCUT2D eigenvalue weighted by atomic mass is 9.89. The summed E-state index contributed by atoms with van der Waals surface area (Å²) in [6, 6.07) is 31.1. The van der Waals surface area contributed by atoms with Crippen LogP contribution in [-0.2, 0) is 14.4 Å². The molecule has 2 unspecified atom stereocenters. The molecule has 0 bridgehead atoms. The number of rotatable bonds is 9. The maximum atomic E-state index is 12.2. The van der Waals surface area contributed by atoms with Crippen LogP contribution in [0.4, 0.5) is 38.0 Å². The number of likely N-dealkylation sites (N-methyl/N-ethyl adjacent to an activating group) is 1. The van der Waals surface area contributed by atoms with Gasteiger partial charge < -0.3 is 55.5 Å². The van der Waals surface area contributed by atoms with Crippen LogP contribution in [0, 0.1) is 11.8 Å². The van der Waals surface area contributed by atoms with Gasteiger partial charge in [0.1, 0.15) is 12.1 Å². The van der Waals surface area contributed by atoms with E-state index in [1.54, 1.807) is 11.3 Å². The number of halogens is 4. The van der Waals surface area contributed by atoms with E-state index in [0.717, 1.165) is 164 Å². The van der Waals surface area contributed by atoms with E-state index in [9.17, 15) is 24.0 Å². The number of amides is 7. The monoisotopic (exact) mass is 1360 g/mol. The van der Waals surface area contributed by atoms with Crippen molar-refractivity contribution in [3.8, 4) is 0 Å². The Morgan fingerprint density at radius 2 is 0.904 bits per heavy atom. The highest BCUT2D eigenvalue weighted by atomic mass is 35.5. The van der Waals surface area contributed by atoms with Crippen LogP contribution in [0.2, 0.25) is 20.1 Å². The first-order valence-corrected chi connectivity index (χ1v) is 34.5. The minimum Gasteiger partial charge on any atom is -0.371 e. The Morgan fingerprint density at radius 3 is 1.26 bits per heavy atom. The molecule has 10 aromatic rings. The van der Waals surface area contributed by atoms with Crippen LogP contribution in [0.15, 0.2) is 133 Å². The molecule has 19 nitrogen and oxygen atoms in total. The number of fused-ring (bicyclic) bond motifs is 4. The van der Waals surface area contributed by atoms with E-state index in [4.69, 9.17) is 46.4 Å². The fourth-order valence-corrected chi connectivity index (χ4v) is 16.0. The fourth-order valence-electron chi connectivity index (χ4n) is 14.5. The van der Waals surface area contributed by atoms with E-state index in [2.05, 4.69) is 120 Å². The number of urea groups is 2. The summed E-state index contributed by atoms with van der Waals surface area (Å²) in [5.41, 5.74) is 14.3. The zero-order chi connectivity index (χ0) is 65.1. The first-order valence-electron chi connectivity index (χ1n) is 32.1. The number of H-pyrrole nitrogens is 4. The highest BCUT2D eigenvalue weighted by Gasteiger charge is 2.42. The third-order valence-electron chi connectivity index (χ3n) is 19.4. The molecule has 5 aromatic carbocycles. The molecule has 6 saturated heterocycles. The summed E-state index contributed by atoms with van der Waals surface area (Å²) >= 11 is 26.7. The van der Waals surface area contributed by atoms with Crippen LogP contribution in [-0.4, -0.2) is 131 Å². The lowest BCUT2D eigenvalue weighted by Gasteiger charge is -2.35. The van der Waals surface area contributed by atoms with Gasteiger partial charge in [0.05, 0.1) is 11.2 Å². The zero-order valence-electron chi connectivity index (χ0n) is 52.1. The van der Waals surface area contributed by atoms with Gasteiger partial charge in [-0.1, -0.05) is 58.5 Å². The van der Waals surface area contributed by atoms with Crippen LogP contribution in [0.25, 0.3) is 43.6 Å². The van der Waals surface area contributed by atoms with E-state index < -0.39 is 6.04 Å². The standard InChI is InChI=1S/C21H22ClN3O.C17H19ClN4O2.C16H17ClN4O2.C16H16ClN3S/c1-14(26)24-18-4-2-15(3-5-18)16-7-10-25(11-8-16)21-13-17(22)12-20-19(21)6-9-23-20;1-21-16(23)15(20-17(21)24)10-3-6-22(7-4-10)14-9-11(18)8-13-12(14)2-5-19-13;17-10-7-12-11(1-4-18-12)13(8-10)21-5-2-9(3-6-21)14-15(22)20-16(23)19-14;17-12-7-14-13(1-4-18-14)16(8-12)20-5-2-11(3-6-20)15-9-21-10-19-15/h2-6,9,12-13,16,23H,7-8,10-11H2,1H3,(H,24,26);2,5,8-10,15,19H,3-4,6-7H2,1H3,(H,20,24);1,4,7-9,14,18H,2-3,5-6H2,(H2,19,20,22,23);1,4,7-11,18H,2-3,5-6H2. The molecule has 24 heteroatoms. The van der Waals surface area contributed by atoms with Crippen LogP contribution in [0.5, 0.6) is 0 Å². The second kappa shape index (κ2) is 28.3. The van der Waals surface area contributed by atoms with E-state index in [-0.39, 0.29) is 47.7 Å². The fraction of sp³-hybridized carbons (Fsp3) is 0.343. The van der Waals surface area contributed by atoms with Gasteiger partial charge >= 0.3 is 12.1 Å². The predicted octanol–water partition coefficient (Wildman–Crippen LogP) is 14.7. The van der Waals surface area contributed by atoms with Gasteiger partial charge in [0.15, 0.2) is 0 Å². The van der Waals surface area contributed by atoms with Gasteiger partial charge in [0, 0.05) is 195 Å². The summed E-state index contributed by atoms with van der Waals surface area (Å²) in [6.45, 7) is 9.03. The van der Waals surface area contributed by atoms with Crippen molar-refractivity contribution in [1.29, 1.82) is 0 Å². The molecule has 6 aliphatic rings. The smallest absolute Gasteiger partial charge is 0.324 e. The van der Waals surface area contributed by atoms with Crippen LogP contribution in [0.1, 0.15) is 81.4 Å². The Kier molecular flexibility index (Phi) is 19.3. The number of thiazole rings is 1. The zero-order valence-corrected chi connectivity index (χ0v) is 56.0. The quantitative estimate of drug-likeness (QED) is 0.0638.